The summed E-state index contributed by atoms with van der Waals surface area (Å²) in [5.74, 6) is 0.0885. The lowest BCUT2D eigenvalue weighted by molar-refractivity contribution is 1.04. The topological polar surface area (TPSA) is 53.1 Å². The van der Waals surface area contributed by atoms with E-state index in [1.165, 1.54) is 11.1 Å². The van der Waals surface area contributed by atoms with E-state index in [1.54, 1.807) is 4.90 Å². The first kappa shape index (κ1) is 11.6. The molecule has 0 atom stereocenters. The van der Waals surface area contributed by atoms with Crippen LogP contribution in [0.4, 0.5) is 5.69 Å². The van der Waals surface area contributed by atoms with Crippen LogP contribution >= 0.6 is 0 Å². The summed E-state index contributed by atoms with van der Waals surface area (Å²) in [6.45, 7) is 4.23. The second kappa shape index (κ2) is 4.82. The second-order valence-electron chi connectivity index (χ2n) is 3.58. The lowest BCUT2D eigenvalue weighted by Gasteiger charge is -2.23. The summed E-state index contributed by atoms with van der Waals surface area (Å²) < 4.78 is 0. The molecule has 3 N–H and O–H groups in total. The van der Waals surface area contributed by atoms with Gasteiger partial charge in [0.05, 0.1) is 0 Å². The number of nitrogens with one attached hydrogen (secondary N) is 1. The van der Waals surface area contributed by atoms with Crippen LogP contribution in [0, 0.1) is 5.41 Å². The van der Waals surface area contributed by atoms with Gasteiger partial charge in [0.15, 0.2) is 5.96 Å². The van der Waals surface area contributed by atoms with Crippen LogP contribution in [0.1, 0.15) is 25.0 Å². The zero-order valence-electron chi connectivity index (χ0n) is 9.67. The monoisotopic (exact) mass is 205 g/mol. The number of anilines is 1. The van der Waals surface area contributed by atoms with E-state index in [2.05, 4.69) is 32.0 Å². The maximum atomic E-state index is 7.49. The largest absolute Gasteiger partial charge is 0.370 e. The van der Waals surface area contributed by atoms with E-state index < -0.39 is 0 Å². The minimum absolute atomic E-state index is 0.0885. The minimum Gasteiger partial charge on any atom is -0.370 e. The lowest BCUT2D eigenvalue weighted by atomic mass is 10.0. The van der Waals surface area contributed by atoms with E-state index >= 15 is 0 Å². The zero-order valence-corrected chi connectivity index (χ0v) is 9.67. The third-order valence-corrected chi connectivity index (χ3v) is 2.66. The van der Waals surface area contributed by atoms with Crippen molar-refractivity contribution < 1.29 is 0 Å². The number of rotatable bonds is 3. The van der Waals surface area contributed by atoms with Crippen molar-refractivity contribution >= 4 is 11.6 Å². The molecule has 0 aliphatic carbocycles. The van der Waals surface area contributed by atoms with Gasteiger partial charge >= 0.3 is 0 Å². The van der Waals surface area contributed by atoms with Gasteiger partial charge in [0, 0.05) is 12.7 Å². The average Bonchev–Trinajstić information content (AvgIpc) is 2.26. The van der Waals surface area contributed by atoms with E-state index in [9.17, 15) is 0 Å². The molecule has 0 amide bonds. The second-order valence-corrected chi connectivity index (χ2v) is 3.58. The molecule has 0 aliphatic heterocycles. The summed E-state index contributed by atoms with van der Waals surface area (Å²) in [6, 6.07) is 6.25. The Morgan fingerprint density at radius 2 is 1.73 bits per heavy atom. The highest BCUT2D eigenvalue weighted by atomic mass is 15.2. The van der Waals surface area contributed by atoms with E-state index in [-0.39, 0.29) is 5.96 Å². The van der Waals surface area contributed by atoms with Crippen molar-refractivity contribution in [2.45, 2.75) is 26.7 Å². The molecule has 3 heteroatoms. The molecule has 0 saturated carbocycles. The van der Waals surface area contributed by atoms with Crippen LogP contribution < -0.4 is 10.6 Å². The number of hydrogen-bond acceptors (Lipinski definition) is 1. The fourth-order valence-corrected chi connectivity index (χ4v) is 1.77. The van der Waals surface area contributed by atoms with Gasteiger partial charge in [0.25, 0.3) is 0 Å². The Morgan fingerprint density at radius 1 is 1.27 bits per heavy atom. The molecule has 0 radical (unpaired) electrons. The highest BCUT2D eigenvalue weighted by Gasteiger charge is 2.12. The molecule has 15 heavy (non-hydrogen) atoms. The number of nitrogens with zero attached hydrogens (tertiary/aromatic N) is 1. The van der Waals surface area contributed by atoms with Gasteiger partial charge in [-0.05, 0) is 24.0 Å². The maximum Gasteiger partial charge on any atom is 0.192 e. The molecule has 0 saturated heterocycles. The van der Waals surface area contributed by atoms with E-state index in [4.69, 9.17) is 11.1 Å². The first-order valence-corrected chi connectivity index (χ1v) is 5.30. The highest BCUT2D eigenvalue weighted by Crippen LogP contribution is 2.25. The van der Waals surface area contributed by atoms with Crippen molar-refractivity contribution in [2.75, 3.05) is 11.9 Å². The standard InChI is InChI=1S/C12H19N3/c1-4-9-7-6-8-10(5-2)11(9)15(3)12(13)14/h6-8H,4-5H2,1-3H3,(H3,13,14). The smallest absolute Gasteiger partial charge is 0.192 e. The number of para-hydroxylation sites is 1. The van der Waals surface area contributed by atoms with Crippen LogP contribution in [0.3, 0.4) is 0 Å². The fraction of sp³-hybridized carbons (Fsp3) is 0.417. The molecule has 0 heterocycles. The normalized spacial score (nSPS) is 10.1. The predicted octanol–water partition coefficient (Wildman–Crippen LogP) is 2.14. The van der Waals surface area contributed by atoms with Crippen LogP contribution in [0.5, 0.6) is 0 Å². The van der Waals surface area contributed by atoms with Gasteiger partial charge in [-0.1, -0.05) is 32.0 Å². The predicted molar refractivity (Wildman–Crippen MR) is 65.5 cm³/mol. The number of nitrogens with two attached hydrogens (primary N) is 1. The molecule has 0 spiro atoms. The molecule has 0 aliphatic rings. The maximum absolute atomic E-state index is 7.49. The fourth-order valence-electron chi connectivity index (χ4n) is 1.77. The minimum atomic E-state index is 0.0885. The molecule has 0 fully saturated rings. The van der Waals surface area contributed by atoms with Gasteiger partial charge in [0.2, 0.25) is 0 Å². The van der Waals surface area contributed by atoms with Gasteiger partial charge in [0.1, 0.15) is 0 Å². The molecule has 0 unspecified atom stereocenters. The summed E-state index contributed by atoms with van der Waals surface area (Å²) in [5.41, 5.74) is 9.10. The molecule has 0 aromatic heterocycles. The van der Waals surface area contributed by atoms with Crippen molar-refractivity contribution in [2.24, 2.45) is 5.73 Å². The number of guanidine groups is 1. The molecular formula is C12H19N3. The van der Waals surface area contributed by atoms with Gasteiger partial charge < -0.3 is 10.6 Å². The molecular weight excluding hydrogens is 186 g/mol. The van der Waals surface area contributed by atoms with Gasteiger partial charge in [-0.15, -0.1) is 0 Å². The summed E-state index contributed by atoms with van der Waals surface area (Å²) in [7, 11) is 1.84. The number of hydrogen-bond donors (Lipinski definition) is 2. The summed E-state index contributed by atoms with van der Waals surface area (Å²) >= 11 is 0. The van der Waals surface area contributed by atoms with Crippen LogP contribution in [-0.4, -0.2) is 13.0 Å². The zero-order chi connectivity index (χ0) is 11.4. The van der Waals surface area contributed by atoms with Gasteiger partial charge in [-0.3, -0.25) is 5.41 Å². The third kappa shape index (κ3) is 2.29. The van der Waals surface area contributed by atoms with Crippen LogP contribution in [0.15, 0.2) is 18.2 Å². The summed E-state index contributed by atoms with van der Waals surface area (Å²) in [6.07, 6.45) is 1.92. The molecule has 1 aromatic rings. The van der Waals surface area contributed by atoms with E-state index in [0.717, 1.165) is 18.5 Å². The molecule has 1 rings (SSSR count). The first-order chi connectivity index (χ1) is 7.11. The Labute approximate surface area is 91.4 Å². The average molecular weight is 205 g/mol. The Kier molecular flexibility index (Phi) is 3.72. The van der Waals surface area contributed by atoms with Crippen LogP contribution in [-0.2, 0) is 12.8 Å². The molecule has 82 valence electrons. The van der Waals surface area contributed by atoms with Crippen LogP contribution in [0.2, 0.25) is 0 Å². The summed E-state index contributed by atoms with van der Waals surface area (Å²) in [5, 5.41) is 7.49. The van der Waals surface area contributed by atoms with Crippen molar-refractivity contribution in [3.8, 4) is 0 Å². The van der Waals surface area contributed by atoms with Gasteiger partial charge in [-0.2, -0.15) is 0 Å². The third-order valence-electron chi connectivity index (χ3n) is 2.66. The Morgan fingerprint density at radius 3 is 2.07 bits per heavy atom. The Balaban J connectivity index is 3.27. The van der Waals surface area contributed by atoms with Crippen molar-refractivity contribution in [1.82, 2.24) is 0 Å². The van der Waals surface area contributed by atoms with Crippen LogP contribution in [0.25, 0.3) is 0 Å². The van der Waals surface area contributed by atoms with E-state index in [1.807, 2.05) is 7.05 Å². The van der Waals surface area contributed by atoms with Crippen molar-refractivity contribution in [3.05, 3.63) is 29.3 Å². The number of aryl methyl sites for hydroxylation is 2. The Bertz CT molecular complexity index is 336. The first-order valence-electron chi connectivity index (χ1n) is 5.30. The summed E-state index contributed by atoms with van der Waals surface area (Å²) in [4.78, 5) is 1.75. The molecule has 1 aromatic carbocycles. The SMILES string of the molecule is CCc1cccc(CC)c1N(C)C(=N)N. The quantitative estimate of drug-likeness (QED) is 0.586. The highest BCUT2D eigenvalue weighted by molar-refractivity contribution is 5.93. The molecule has 3 nitrogen and oxygen atoms in total. The molecule has 0 bridgehead atoms. The van der Waals surface area contributed by atoms with Crippen molar-refractivity contribution in [1.29, 1.82) is 5.41 Å². The lowest BCUT2D eigenvalue weighted by Crippen LogP contribution is -2.34. The number of benzene rings is 1. The Hall–Kier alpha value is -1.51. The van der Waals surface area contributed by atoms with Gasteiger partial charge in [-0.25, -0.2) is 0 Å². The van der Waals surface area contributed by atoms with E-state index in [0.29, 0.717) is 0 Å². The van der Waals surface area contributed by atoms with Crippen molar-refractivity contribution in [3.63, 3.8) is 0 Å².